The van der Waals surface area contributed by atoms with E-state index in [1.807, 2.05) is 74.5 Å². The lowest BCUT2D eigenvalue weighted by Gasteiger charge is -2.29. The van der Waals surface area contributed by atoms with Crippen molar-refractivity contribution in [3.05, 3.63) is 118 Å². The highest BCUT2D eigenvalue weighted by Crippen LogP contribution is 2.41. The Morgan fingerprint density at radius 3 is 1.31 bits per heavy atom. The lowest BCUT2D eigenvalue weighted by molar-refractivity contribution is 0.472. The topological polar surface area (TPSA) is 92.5 Å². The molecular formula is C31H26N2O2. The van der Waals surface area contributed by atoms with Crippen LogP contribution in [0.15, 0.2) is 84.9 Å². The van der Waals surface area contributed by atoms with Gasteiger partial charge in [-0.15, -0.1) is 0 Å². The fourth-order valence-electron chi connectivity index (χ4n) is 3.92. The number of phenols is 2. The standard InChI is InChI=1S/C31H26N2O2/c1-31(2,25-19-29(34)27(32)17-23(25)15-13-21-9-5-3-6-10-21)26-20-30(35)28(33)18-24(26)16-14-22-11-7-4-8-12-22/h3-12,17-20,34-35H,32-33H2,1-2H3. The molecule has 0 radical (unpaired) electrons. The van der Waals surface area contributed by atoms with Crippen molar-refractivity contribution in [3.63, 3.8) is 0 Å². The lowest BCUT2D eigenvalue weighted by Crippen LogP contribution is -2.22. The van der Waals surface area contributed by atoms with Gasteiger partial charge in [-0.2, -0.15) is 0 Å². The maximum atomic E-state index is 10.5. The number of hydrogen-bond acceptors (Lipinski definition) is 4. The zero-order valence-electron chi connectivity index (χ0n) is 19.6. The van der Waals surface area contributed by atoms with Gasteiger partial charge in [-0.25, -0.2) is 0 Å². The summed E-state index contributed by atoms with van der Waals surface area (Å²) in [6, 6.07) is 25.9. The number of nitrogen functional groups attached to an aromatic ring is 2. The number of rotatable bonds is 2. The number of hydrogen-bond donors (Lipinski definition) is 4. The van der Waals surface area contributed by atoms with E-state index in [-0.39, 0.29) is 22.9 Å². The third kappa shape index (κ3) is 5.08. The first kappa shape index (κ1) is 23.4. The molecule has 0 aliphatic rings. The molecule has 0 unspecified atom stereocenters. The highest BCUT2D eigenvalue weighted by molar-refractivity contribution is 5.67. The van der Waals surface area contributed by atoms with Crippen LogP contribution in [0.4, 0.5) is 11.4 Å². The molecule has 0 spiro atoms. The maximum absolute atomic E-state index is 10.5. The third-order valence-electron chi connectivity index (χ3n) is 5.91. The van der Waals surface area contributed by atoms with E-state index in [1.54, 1.807) is 24.3 Å². The van der Waals surface area contributed by atoms with Crippen LogP contribution in [0.5, 0.6) is 11.5 Å². The van der Waals surface area contributed by atoms with Gasteiger partial charge in [-0.05, 0) is 59.7 Å². The molecule has 0 aliphatic carbocycles. The van der Waals surface area contributed by atoms with Gasteiger partial charge in [0.1, 0.15) is 11.5 Å². The number of aromatic hydroxyl groups is 2. The van der Waals surface area contributed by atoms with Crippen LogP contribution in [-0.4, -0.2) is 10.2 Å². The molecule has 0 amide bonds. The maximum Gasteiger partial charge on any atom is 0.138 e. The third-order valence-corrected chi connectivity index (χ3v) is 5.91. The molecule has 0 atom stereocenters. The van der Waals surface area contributed by atoms with Crippen molar-refractivity contribution in [1.29, 1.82) is 0 Å². The summed E-state index contributed by atoms with van der Waals surface area (Å²) in [5.41, 5.74) is 16.4. The van der Waals surface area contributed by atoms with Crippen molar-refractivity contribution < 1.29 is 10.2 Å². The fraction of sp³-hybridized carbons (Fsp3) is 0.0968. The Bertz CT molecular complexity index is 1390. The second-order valence-corrected chi connectivity index (χ2v) is 8.77. The second kappa shape index (κ2) is 9.59. The Labute approximate surface area is 205 Å². The Morgan fingerprint density at radius 2 is 0.943 bits per heavy atom. The predicted octanol–water partition coefficient (Wildman–Crippen LogP) is 5.39. The molecule has 0 bridgehead atoms. The van der Waals surface area contributed by atoms with Crippen LogP contribution in [0.2, 0.25) is 0 Å². The van der Waals surface area contributed by atoms with Crippen LogP contribution in [0.25, 0.3) is 0 Å². The van der Waals surface area contributed by atoms with Crippen LogP contribution in [0.3, 0.4) is 0 Å². The molecule has 6 N–H and O–H groups in total. The Morgan fingerprint density at radius 1 is 0.571 bits per heavy atom. The Hall–Kier alpha value is -4.80. The van der Waals surface area contributed by atoms with Crippen LogP contribution < -0.4 is 11.5 Å². The second-order valence-electron chi connectivity index (χ2n) is 8.77. The highest BCUT2D eigenvalue weighted by atomic mass is 16.3. The largest absolute Gasteiger partial charge is 0.506 e. The van der Waals surface area contributed by atoms with E-state index in [2.05, 4.69) is 23.7 Å². The van der Waals surface area contributed by atoms with Gasteiger partial charge in [-0.1, -0.05) is 73.9 Å². The van der Waals surface area contributed by atoms with Gasteiger partial charge < -0.3 is 21.7 Å². The monoisotopic (exact) mass is 458 g/mol. The van der Waals surface area contributed by atoms with E-state index in [0.717, 1.165) is 22.3 Å². The van der Waals surface area contributed by atoms with Gasteiger partial charge in [0.25, 0.3) is 0 Å². The summed E-state index contributed by atoms with van der Waals surface area (Å²) in [5.74, 6) is 12.7. The van der Waals surface area contributed by atoms with Gasteiger partial charge in [-0.3, -0.25) is 0 Å². The molecular weight excluding hydrogens is 432 g/mol. The first-order valence-corrected chi connectivity index (χ1v) is 11.2. The summed E-state index contributed by atoms with van der Waals surface area (Å²) in [6.45, 7) is 3.98. The van der Waals surface area contributed by atoms with E-state index in [0.29, 0.717) is 11.1 Å². The molecule has 4 aromatic carbocycles. The molecule has 4 aromatic rings. The Balaban J connectivity index is 1.89. The van der Waals surface area contributed by atoms with Gasteiger partial charge in [0.15, 0.2) is 0 Å². The molecule has 0 saturated heterocycles. The van der Waals surface area contributed by atoms with Crippen LogP contribution in [0.1, 0.15) is 47.2 Å². The van der Waals surface area contributed by atoms with E-state index in [9.17, 15) is 10.2 Å². The summed E-state index contributed by atoms with van der Waals surface area (Å²) in [7, 11) is 0. The summed E-state index contributed by atoms with van der Waals surface area (Å²) in [4.78, 5) is 0. The SMILES string of the molecule is CC(C)(c1cc(O)c(N)cc1C#Cc1ccccc1)c1cc(O)c(N)cc1C#Cc1ccccc1. The quantitative estimate of drug-likeness (QED) is 0.184. The molecule has 0 aliphatic heterocycles. The van der Waals surface area contributed by atoms with Crippen molar-refractivity contribution in [3.8, 4) is 35.2 Å². The van der Waals surface area contributed by atoms with E-state index < -0.39 is 5.41 Å². The van der Waals surface area contributed by atoms with Gasteiger partial charge in [0.2, 0.25) is 0 Å². The summed E-state index contributed by atoms with van der Waals surface area (Å²) in [6.07, 6.45) is 0. The Kier molecular flexibility index (Phi) is 6.40. The first-order valence-electron chi connectivity index (χ1n) is 11.2. The van der Waals surface area contributed by atoms with Gasteiger partial charge in [0, 0.05) is 27.7 Å². The zero-order chi connectivity index (χ0) is 25.0. The molecule has 172 valence electrons. The van der Waals surface area contributed by atoms with E-state index >= 15 is 0 Å². The van der Waals surface area contributed by atoms with Crippen LogP contribution >= 0.6 is 0 Å². The number of benzene rings is 4. The molecule has 4 rings (SSSR count). The average molecular weight is 459 g/mol. The molecule has 0 fully saturated rings. The molecule has 0 aromatic heterocycles. The normalized spacial score (nSPS) is 10.6. The van der Waals surface area contributed by atoms with Gasteiger partial charge in [0.05, 0.1) is 11.4 Å². The van der Waals surface area contributed by atoms with Crippen molar-refractivity contribution in [2.75, 3.05) is 11.5 Å². The van der Waals surface area contributed by atoms with E-state index in [1.165, 1.54) is 0 Å². The van der Waals surface area contributed by atoms with Crippen LogP contribution in [-0.2, 0) is 5.41 Å². The summed E-state index contributed by atoms with van der Waals surface area (Å²) < 4.78 is 0. The minimum absolute atomic E-state index is 0.0325. The number of anilines is 2. The molecule has 35 heavy (non-hydrogen) atoms. The zero-order valence-corrected chi connectivity index (χ0v) is 19.6. The van der Waals surface area contributed by atoms with E-state index in [4.69, 9.17) is 11.5 Å². The smallest absolute Gasteiger partial charge is 0.138 e. The minimum Gasteiger partial charge on any atom is -0.506 e. The molecule has 0 heterocycles. The minimum atomic E-state index is -0.711. The lowest BCUT2D eigenvalue weighted by atomic mass is 9.74. The number of nitrogens with two attached hydrogens (primary N) is 2. The molecule has 4 nitrogen and oxygen atoms in total. The summed E-state index contributed by atoms with van der Waals surface area (Å²) in [5, 5.41) is 20.9. The number of phenolic OH excluding ortho intramolecular Hbond substituents is 2. The molecule has 4 heteroatoms. The van der Waals surface area contributed by atoms with Crippen molar-refractivity contribution in [2.24, 2.45) is 0 Å². The first-order chi connectivity index (χ1) is 16.8. The van der Waals surface area contributed by atoms with Crippen LogP contribution in [0, 0.1) is 23.7 Å². The highest BCUT2D eigenvalue weighted by Gasteiger charge is 2.30. The van der Waals surface area contributed by atoms with Crippen molar-refractivity contribution in [1.82, 2.24) is 0 Å². The predicted molar refractivity (Wildman–Crippen MR) is 142 cm³/mol. The van der Waals surface area contributed by atoms with Gasteiger partial charge >= 0.3 is 0 Å². The molecule has 0 saturated carbocycles. The van der Waals surface area contributed by atoms with Crippen molar-refractivity contribution in [2.45, 2.75) is 19.3 Å². The van der Waals surface area contributed by atoms with Crippen molar-refractivity contribution >= 4 is 11.4 Å². The summed E-state index contributed by atoms with van der Waals surface area (Å²) >= 11 is 0. The fourth-order valence-corrected chi connectivity index (χ4v) is 3.92. The average Bonchev–Trinajstić information content (AvgIpc) is 2.86.